The third kappa shape index (κ3) is 2.45. The summed E-state index contributed by atoms with van der Waals surface area (Å²) in [5, 5.41) is 2.40. The van der Waals surface area contributed by atoms with Gasteiger partial charge in [-0.3, -0.25) is 0 Å². The van der Waals surface area contributed by atoms with Crippen LogP contribution in [0, 0.1) is 6.92 Å². The summed E-state index contributed by atoms with van der Waals surface area (Å²) in [6.07, 6.45) is 0. The molecule has 0 aliphatic heterocycles. The first-order chi connectivity index (χ1) is 9.86. The van der Waals surface area contributed by atoms with E-state index in [4.69, 9.17) is 9.47 Å². The van der Waals surface area contributed by atoms with E-state index < -0.39 is 18.4 Å². The predicted molar refractivity (Wildman–Crippen MR) is 98.0 cm³/mol. The Bertz CT molecular complexity index is 765. The van der Waals surface area contributed by atoms with E-state index in [0.29, 0.717) is 0 Å². The van der Waals surface area contributed by atoms with Crippen LogP contribution >= 0.6 is 22.7 Å². The molecule has 3 aromatic rings. The molecule has 0 saturated heterocycles. The molecule has 0 amide bonds. The van der Waals surface area contributed by atoms with Crippen molar-refractivity contribution in [1.29, 1.82) is 0 Å². The normalized spacial score (nSPS) is 12.3. The van der Waals surface area contributed by atoms with Gasteiger partial charge < -0.3 is 0 Å². The Kier molecular flexibility index (Phi) is 3.91. The SMILES string of the molecule is COc1c2c[c]([Sn]([CH3])([CH3])[CH3])sc2c(OC)c2cc(C)sc12. The van der Waals surface area contributed by atoms with Gasteiger partial charge in [0, 0.05) is 0 Å². The minimum atomic E-state index is -2.10. The Hall–Kier alpha value is -0.461. The van der Waals surface area contributed by atoms with E-state index in [1.165, 1.54) is 25.0 Å². The van der Waals surface area contributed by atoms with Gasteiger partial charge in [0.25, 0.3) is 0 Å². The summed E-state index contributed by atoms with van der Waals surface area (Å²) in [7, 11) is 3.54. The van der Waals surface area contributed by atoms with Gasteiger partial charge >= 0.3 is 138 Å². The summed E-state index contributed by atoms with van der Waals surface area (Å²) in [4.78, 5) is 8.63. The number of benzene rings is 1. The van der Waals surface area contributed by atoms with Crippen LogP contribution in [0.3, 0.4) is 0 Å². The number of fused-ring (bicyclic) bond motifs is 2. The van der Waals surface area contributed by atoms with Crippen molar-refractivity contribution in [3.63, 3.8) is 0 Å². The molecule has 0 bridgehead atoms. The number of methoxy groups -OCH3 is 2. The zero-order valence-corrected chi connectivity index (χ0v) is 17.8. The Morgan fingerprint density at radius 2 is 1.38 bits per heavy atom. The van der Waals surface area contributed by atoms with Crippen LogP contribution in [0.2, 0.25) is 14.8 Å². The molecule has 0 unspecified atom stereocenters. The first-order valence-corrected chi connectivity index (χ1v) is 18.6. The van der Waals surface area contributed by atoms with Gasteiger partial charge in [-0.2, -0.15) is 0 Å². The fourth-order valence-corrected chi connectivity index (χ4v) is 10.0. The van der Waals surface area contributed by atoms with E-state index in [2.05, 4.69) is 33.9 Å². The fraction of sp³-hybridized carbons (Fsp3) is 0.375. The van der Waals surface area contributed by atoms with Gasteiger partial charge in [-0.05, 0) is 0 Å². The Morgan fingerprint density at radius 1 is 0.857 bits per heavy atom. The van der Waals surface area contributed by atoms with Crippen molar-refractivity contribution in [3.8, 4) is 11.5 Å². The number of rotatable bonds is 3. The minimum absolute atomic E-state index is 1.01. The van der Waals surface area contributed by atoms with Crippen molar-refractivity contribution in [1.82, 2.24) is 0 Å². The zero-order valence-electron chi connectivity index (χ0n) is 13.3. The Morgan fingerprint density at radius 3 is 1.90 bits per heavy atom. The summed E-state index contributed by atoms with van der Waals surface area (Å²) in [5.74, 6) is 2.02. The Labute approximate surface area is 137 Å². The molecular formula is C16H20O2S2Sn. The van der Waals surface area contributed by atoms with Crippen LogP contribution in [-0.4, -0.2) is 32.6 Å². The molecule has 2 aromatic heterocycles. The number of hydrogen-bond acceptors (Lipinski definition) is 4. The van der Waals surface area contributed by atoms with Gasteiger partial charge in [-0.1, -0.05) is 0 Å². The van der Waals surface area contributed by atoms with Crippen LogP contribution < -0.4 is 12.4 Å². The second-order valence-corrected chi connectivity index (χ2v) is 24.0. The average molecular weight is 427 g/mol. The Balaban J connectivity index is 2.49. The number of hydrogen-bond donors (Lipinski definition) is 0. The topological polar surface area (TPSA) is 18.5 Å². The molecule has 0 spiro atoms. The number of aryl methyl sites for hydroxylation is 1. The molecule has 2 heterocycles. The van der Waals surface area contributed by atoms with Gasteiger partial charge in [0.1, 0.15) is 0 Å². The van der Waals surface area contributed by atoms with Gasteiger partial charge in [-0.25, -0.2) is 0 Å². The monoisotopic (exact) mass is 428 g/mol. The third-order valence-corrected chi connectivity index (χ3v) is 15.2. The van der Waals surface area contributed by atoms with Crippen LogP contribution in [0.25, 0.3) is 20.2 Å². The number of thiophene rings is 2. The van der Waals surface area contributed by atoms with Crippen molar-refractivity contribution < 1.29 is 9.47 Å². The van der Waals surface area contributed by atoms with E-state index >= 15 is 0 Å². The van der Waals surface area contributed by atoms with Crippen molar-refractivity contribution in [2.75, 3.05) is 14.2 Å². The molecule has 0 atom stereocenters. The summed E-state index contributed by atoms with van der Waals surface area (Å²) in [5.41, 5.74) is 0. The van der Waals surface area contributed by atoms with Crippen molar-refractivity contribution >= 4 is 64.1 Å². The molecule has 112 valence electrons. The summed E-state index contributed by atoms with van der Waals surface area (Å²) < 4.78 is 15.5. The van der Waals surface area contributed by atoms with Crippen LogP contribution in [0.4, 0.5) is 0 Å². The summed E-state index contributed by atoms with van der Waals surface area (Å²) in [6.45, 7) is 2.13. The van der Waals surface area contributed by atoms with Crippen LogP contribution in [0.5, 0.6) is 11.5 Å². The fourth-order valence-electron chi connectivity index (χ4n) is 2.60. The maximum absolute atomic E-state index is 5.76. The summed E-state index contributed by atoms with van der Waals surface area (Å²) in [6, 6.07) is 4.56. The first-order valence-electron chi connectivity index (χ1n) is 6.95. The van der Waals surface area contributed by atoms with Crippen LogP contribution in [0.1, 0.15) is 4.88 Å². The maximum atomic E-state index is 5.76. The van der Waals surface area contributed by atoms with E-state index in [1.807, 2.05) is 11.3 Å². The quantitative estimate of drug-likeness (QED) is 0.549. The molecule has 0 saturated carbocycles. The zero-order chi connectivity index (χ0) is 15.4. The molecule has 0 radical (unpaired) electrons. The standard InChI is InChI=1S/C13H11O2S2.3CH3.Sn/c1-7-6-9-11(15-3)12-8(4-5-16-12)10(14-2)13(9)17-7;;;;/h4,6H,1-3H3;3*1H3;. The second-order valence-electron chi connectivity index (χ2n) is 6.27. The third-order valence-electron chi connectivity index (χ3n) is 3.64. The van der Waals surface area contributed by atoms with Gasteiger partial charge in [0.2, 0.25) is 0 Å². The summed E-state index contributed by atoms with van der Waals surface area (Å²) >= 11 is 1.59. The van der Waals surface area contributed by atoms with Crippen molar-refractivity contribution in [2.45, 2.75) is 21.7 Å². The molecule has 0 aliphatic carbocycles. The van der Waals surface area contributed by atoms with Crippen molar-refractivity contribution in [2.24, 2.45) is 0 Å². The van der Waals surface area contributed by atoms with E-state index in [-0.39, 0.29) is 0 Å². The van der Waals surface area contributed by atoms with E-state index in [0.717, 1.165) is 11.5 Å². The molecule has 21 heavy (non-hydrogen) atoms. The molecule has 0 N–H and O–H groups in total. The molecule has 0 fully saturated rings. The average Bonchev–Trinajstić information content (AvgIpc) is 2.98. The van der Waals surface area contributed by atoms with Crippen LogP contribution in [-0.2, 0) is 0 Å². The molecule has 5 heteroatoms. The van der Waals surface area contributed by atoms with E-state index in [9.17, 15) is 0 Å². The van der Waals surface area contributed by atoms with Gasteiger partial charge in [0.05, 0.1) is 0 Å². The van der Waals surface area contributed by atoms with Gasteiger partial charge in [-0.15, -0.1) is 0 Å². The molecule has 1 aromatic carbocycles. The molecule has 0 aliphatic rings. The van der Waals surface area contributed by atoms with E-state index in [1.54, 1.807) is 28.4 Å². The number of ether oxygens (including phenoxy) is 2. The predicted octanol–water partition coefficient (Wildman–Crippen LogP) is 4.99. The first kappa shape index (κ1) is 15.4. The molecule has 2 nitrogen and oxygen atoms in total. The molecule has 3 rings (SSSR count). The van der Waals surface area contributed by atoms with Gasteiger partial charge in [0.15, 0.2) is 0 Å². The second kappa shape index (κ2) is 5.32. The van der Waals surface area contributed by atoms with Crippen LogP contribution in [0.15, 0.2) is 12.1 Å². The van der Waals surface area contributed by atoms with Crippen molar-refractivity contribution in [3.05, 3.63) is 17.0 Å². The molecular weight excluding hydrogens is 407 g/mol.